The van der Waals surface area contributed by atoms with Crippen molar-refractivity contribution in [1.29, 1.82) is 0 Å². The van der Waals surface area contributed by atoms with Crippen LogP contribution in [0.3, 0.4) is 0 Å². The Morgan fingerprint density at radius 2 is 0.524 bits per heavy atom. The molecule has 0 spiro atoms. The van der Waals surface area contributed by atoms with Crippen molar-refractivity contribution < 1.29 is 70.1 Å². The smallest absolute Gasteiger partial charge is 0.207 e. The molecule has 0 bridgehead atoms. The number of rotatable bonds is 4. The van der Waals surface area contributed by atoms with E-state index < -0.39 is 115 Å². The Morgan fingerprint density at radius 1 is 0.333 bits per heavy atom. The van der Waals surface area contributed by atoms with Crippen molar-refractivity contribution in [2.24, 2.45) is 0 Å². The maximum atomic E-state index is 15.3. The summed E-state index contributed by atoms with van der Waals surface area (Å²) < 4.78 is 228. The fraction of sp³-hybridized carbons (Fsp3) is 0. The van der Waals surface area contributed by atoms with E-state index in [1.54, 1.807) is 0 Å². The van der Waals surface area contributed by atoms with Crippen molar-refractivity contribution in [1.82, 2.24) is 0 Å². The van der Waals surface area contributed by atoms with Crippen LogP contribution in [0.25, 0.3) is 0 Å². The Morgan fingerprint density at radius 3 is 0.738 bits per heavy atom. The van der Waals surface area contributed by atoms with Crippen LogP contribution in [-0.2, 0) is 16.7 Å². The molecule has 42 heavy (non-hydrogen) atoms. The first-order chi connectivity index (χ1) is 19.6. The van der Waals surface area contributed by atoms with E-state index in [2.05, 4.69) is 12.5 Å². The van der Waals surface area contributed by atoms with Crippen LogP contribution < -0.4 is 21.9 Å². The van der Waals surface area contributed by atoms with Crippen LogP contribution >= 0.6 is 0 Å². The molecule has 0 saturated carbocycles. The molecule has 0 radical (unpaired) electrons. The molecule has 0 amide bonds. The summed E-state index contributed by atoms with van der Waals surface area (Å²) in [5.74, 6) is -45.5. The Kier molecular flexibility index (Phi) is 9.00. The maximum absolute atomic E-state index is 15.3. The second-order valence-corrected chi connectivity index (χ2v) is 8.23. The summed E-state index contributed by atoms with van der Waals surface area (Å²) in [7, 11) is 0. The van der Waals surface area contributed by atoms with Crippen molar-refractivity contribution >= 4 is 40.5 Å². The largest absolute Gasteiger partial charge is 0.443 e. The van der Waals surface area contributed by atoms with Crippen LogP contribution in [0, 0.1) is 87.3 Å². The van der Waals surface area contributed by atoms with Crippen LogP contribution in [0.1, 0.15) is 0 Å². The number of benzene rings is 4. The van der Waals surface area contributed by atoms with Gasteiger partial charge in [0, 0.05) is 4.21 Å². The molecule has 4 aromatic carbocycles. The molecule has 0 aliphatic carbocycles. The fourth-order valence-corrected chi connectivity index (χ4v) is 4.68. The van der Waals surface area contributed by atoms with Crippen LogP contribution in [0.5, 0.6) is 0 Å². The summed E-state index contributed by atoms with van der Waals surface area (Å²) in [6.07, 6.45) is -5.72. The zero-order valence-corrected chi connectivity index (χ0v) is 20.4. The summed E-state index contributed by atoms with van der Waals surface area (Å²) in [5.41, 5.74) is -9.41. The number of thiol groups is 1. The molecule has 0 N–H and O–H groups in total. The Hall–Kier alpha value is -4.09. The Bertz CT molecular complexity index is 1480. The Labute approximate surface area is 228 Å². The molecule has 18 heteroatoms. The van der Waals surface area contributed by atoms with Crippen LogP contribution in [0.2, 0.25) is 0 Å². The summed E-state index contributed by atoms with van der Waals surface area (Å²) >= 11 is 2.28. The average Bonchev–Trinajstić information content (AvgIpc) is 3.00. The molecule has 0 atom stereocenters. The average molecular weight is 638 g/mol. The Balaban J connectivity index is 0.00000237. The molecule has 0 aliphatic heterocycles. The predicted octanol–water partition coefficient (Wildman–Crippen LogP) is 4.76. The van der Waals surface area contributed by atoms with E-state index in [1.807, 2.05) is 0 Å². The molecule has 1 nitrogen and oxygen atoms in total. The zero-order chi connectivity index (χ0) is 32.0. The standard InChI is InChI=1S/C24H5BF15.OS/c26-10-7(11(27)17(33)22(38)16(10)32)25(6-4-2-1-3-5-6,8-12(28)18(34)23(39)19(35)13(8)29)9-14(30)20(36)24(40)21(37)15(9)31;1-2/h1-5H;/q-1;/p+1. The monoisotopic (exact) mass is 638 g/mol. The van der Waals surface area contributed by atoms with Gasteiger partial charge >= 0.3 is 12.5 Å². The van der Waals surface area contributed by atoms with Gasteiger partial charge in [0.25, 0.3) is 0 Å². The quantitative estimate of drug-likeness (QED) is 0.0788. The second-order valence-electron chi connectivity index (χ2n) is 8.23. The first-order valence-electron chi connectivity index (χ1n) is 10.6. The third-order valence-electron chi connectivity index (χ3n) is 6.33. The second kappa shape index (κ2) is 11.7. The van der Waals surface area contributed by atoms with E-state index in [0.29, 0.717) is 12.1 Å². The molecule has 4 rings (SSSR count). The number of hydrogen-bond acceptors (Lipinski definition) is 1. The van der Waals surface area contributed by atoms with E-state index in [1.165, 1.54) is 0 Å². The summed E-state index contributed by atoms with van der Waals surface area (Å²) in [6, 6.07) is 3.24. The lowest BCUT2D eigenvalue weighted by Crippen LogP contribution is -2.79. The minimum Gasteiger partial charge on any atom is -0.207 e. The van der Waals surface area contributed by atoms with Gasteiger partial charge in [-0.3, -0.25) is 0 Å². The van der Waals surface area contributed by atoms with Crippen molar-refractivity contribution in [2.75, 3.05) is 0 Å². The van der Waals surface area contributed by atoms with Crippen LogP contribution in [0.15, 0.2) is 30.3 Å². The van der Waals surface area contributed by atoms with E-state index in [4.69, 9.17) is 4.21 Å². The molecule has 4 aromatic rings. The molecule has 222 valence electrons. The molecule has 0 saturated heterocycles. The van der Waals surface area contributed by atoms with E-state index in [0.717, 1.165) is 18.2 Å². The lowest BCUT2D eigenvalue weighted by molar-refractivity contribution is 0.380. The topological polar surface area (TPSA) is 17.1 Å². The molecule has 0 unspecified atom stereocenters. The van der Waals surface area contributed by atoms with Gasteiger partial charge in [0.2, 0.25) is 0 Å². The van der Waals surface area contributed by atoms with E-state index in [9.17, 15) is 39.5 Å². The fourth-order valence-electron chi connectivity index (χ4n) is 4.68. The van der Waals surface area contributed by atoms with Gasteiger partial charge in [-0.05, 0) is 0 Å². The summed E-state index contributed by atoms with van der Waals surface area (Å²) in [5, 5.41) is 0. The highest BCUT2D eigenvalue weighted by atomic mass is 32.1. The minimum atomic E-state index is -5.72. The first-order valence-corrected chi connectivity index (χ1v) is 10.9. The SMILES string of the molecule is Fc1c(F)c(F)c([B-](c2ccccc2)(c2c(F)c(F)c(F)c(F)c2F)c2c(F)c(F)c(F)c(F)c2F)c(F)c1F.O=[SH+]. The third-order valence-corrected chi connectivity index (χ3v) is 6.33. The number of halogens is 15. The van der Waals surface area contributed by atoms with Gasteiger partial charge in [-0.25, -0.2) is 65.9 Å². The highest BCUT2D eigenvalue weighted by Gasteiger charge is 2.48. The lowest BCUT2D eigenvalue weighted by atomic mass is 9.12. The molecule has 0 aromatic heterocycles. The highest BCUT2D eigenvalue weighted by Crippen LogP contribution is 2.28. The van der Waals surface area contributed by atoms with Crippen molar-refractivity contribution in [2.45, 2.75) is 0 Å². The van der Waals surface area contributed by atoms with Gasteiger partial charge in [0.1, 0.15) is 41.0 Å². The van der Waals surface area contributed by atoms with Gasteiger partial charge in [0.05, 0.1) is 0 Å². The molecule has 0 aliphatic rings. The van der Waals surface area contributed by atoms with Gasteiger partial charge in [-0.1, -0.05) is 30.3 Å². The first kappa shape index (κ1) is 32.4. The molecular formula is C24H6BF15OS. The molecule has 0 fully saturated rings. The van der Waals surface area contributed by atoms with Gasteiger partial charge in [0.15, 0.2) is 52.4 Å². The van der Waals surface area contributed by atoms with Gasteiger partial charge in [-0.15, -0.1) is 16.4 Å². The summed E-state index contributed by atoms with van der Waals surface area (Å²) in [4.78, 5) is 0. The van der Waals surface area contributed by atoms with E-state index >= 15 is 26.3 Å². The third kappa shape index (κ3) is 4.39. The van der Waals surface area contributed by atoms with Crippen LogP contribution in [0.4, 0.5) is 65.9 Å². The normalized spacial score (nSPS) is 11.4. The summed E-state index contributed by atoms with van der Waals surface area (Å²) in [6.45, 7) is 0. The van der Waals surface area contributed by atoms with Crippen molar-refractivity contribution in [3.05, 3.63) is 118 Å². The zero-order valence-electron chi connectivity index (χ0n) is 19.5. The minimum absolute atomic E-state index is 0.397. The van der Waals surface area contributed by atoms with Crippen LogP contribution in [-0.4, -0.2) is 6.15 Å². The van der Waals surface area contributed by atoms with Gasteiger partial charge in [-0.2, -0.15) is 5.46 Å². The number of hydrogen-bond donors (Lipinski definition) is 0. The lowest BCUT2D eigenvalue weighted by Gasteiger charge is -2.44. The molecule has 0 heterocycles. The van der Waals surface area contributed by atoms with Crippen molar-refractivity contribution in [3.63, 3.8) is 0 Å². The maximum Gasteiger partial charge on any atom is 0.443 e. The van der Waals surface area contributed by atoms with Gasteiger partial charge < -0.3 is 0 Å². The highest BCUT2D eigenvalue weighted by molar-refractivity contribution is 7.44. The van der Waals surface area contributed by atoms with Crippen molar-refractivity contribution in [3.8, 4) is 0 Å². The predicted molar refractivity (Wildman–Crippen MR) is 119 cm³/mol. The van der Waals surface area contributed by atoms with E-state index in [-0.39, 0.29) is 0 Å². The molecular weight excluding hydrogens is 632 g/mol.